The number of imidazole rings is 1. The molecule has 7 nitrogen and oxygen atoms in total. The minimum Gasteiger partial charge on any atom is -0.363 e. The maximum absolute atomic E-state index is 12.6. The van der Waals surface area contributed by atoms with Crippen LogP contribution in [0.3, 0.4) is 0 Å². The third-order valence-electron chi connectivity index (χ3n) is 5.02. The second kappa shape index (κ2) is 7.68. The van der Waals surface area contributed by atoms with Crippen LogP contribution in [0.15, 0.2) is 30.6 Å². The number of benzene rings is 1. The Morgan fingerprint density at radius 1 is 1.38 bits per heavy atom. The Morgan fingerprint density at radius 2 is 2.19 bits per heavy atom. The van der Waals surface area contributed by atoms with E-state index in [0.717, 1.165) is 38.6 Å². The Kier molecular flexibility index (Phi) is 5.35. The number of ketones is 1. The summed E-state index contributed by atoms with van der Waals surface area (Å²) < 4.78 is 1.62. The monoisotopic (exact) mass is 356 g/mol. The predicted octanol–water partition coefficient (Wildman–Crippen LogP) is 3.72. The molecule has 138 valence electrons. The van der Waals surface area contributed by atoms with Crippen LogP contribution in [-0.4, -0.2) is 32.8 Å². The highest BCUT2D eigenvalue weighted by Gasteiger charge is 2.29. The fraction of sp³-hybridized carbons (Fsp3) is 0.474. The molecular formula is C19H24N4O3. The van der Waals surface area contributed by atoms with Gasteiger partial charge in [0.2, 0.25) is 5.78 Å². The molecule has 3 rings (SSSR count). The van der Waals surface area contributed by atoms with Crippen LogP contribution in [0.25, 0.3) is 0 Å². The Labute approximate surface area is 152 Å². The topological polar surface area (TPSA) is 81.3 Å². The summed E-state index contributed by atoms with van der Waals surface area (Å²) in [6.45, 7) is 2.95. The summed E-state index contributed by atoms with van der Waals surface area (Å²) in [5, 5.41) is 11.7. The summed E-state index contributed by atoms with van der Waals surface area (Å²) in [4.78, 5) is 30.2. The summed E-state index contributed by atoms with van der Waals surface area (Å²) in [5.41, 5.74) is 0.899. The minimum atomic E-state index is -0.387. The number of aryl methyl sites for hydroxylation is 1. The molecule has 1 aliphatic rings. The molecule has 0 amide bonds. The van der Waals surface area contributed by atoms with Gasteiger partial charge < -0.3 is 9.47 Å². The first kappa shape index (κ1) is 18.1. The number of nitro groups is 1. The van der Waals surface area contributed by atoms with Crippen molar-refractivity contribution in [2.24, 2.45) is 7.05 Å². The fourth-order valence-electron chi connectivity index (χ4n) is 3.72. The average Bonchev–Trinajstić information content (AvgIpc) is 3.07. The van der Waals surface area contributed by atoms with E-state index in [0.29, 0.717) is 17.3 Å². The van der Waals surface area contributed by atoms with E-state index in [2.05, 4.69) is 16.8 Å². The van der Waals surface area contributed by atoms with Crippen molar-refractivity contribution in [3.8, 4) is 0 Å². The van der Waals surface area contributed by atoms with Crippen LogP contribution < -0.4 is 4.90 Å². The van der Waals surface area contributed by atoms with E-state index in [9.17, 15) is 14.9 Å². The number of nitro benzene ring substituents is 1. The number of nitrogens with zero attached hydrogens (tertiary/aromatic N) is 4. The van der Waals surface area contributed by atoms with Crippen molar-refractivity contribution in [1.82, 2.24) is 9.55 Å². The van der Waals surface area contributed by atoms with E-state index in [4.69, 9.17) is 0 Å². The molecule has 1 aromatic carbocycles. The van der Waals surface area contributed by atoms with Crippen molar-refractivity contribution < 1.29 is 9.72 Å². The Balaban J connectivity index is 1.98. The molecule has 1 saturated heterocycles. The Hall–Kier alpha value is -2.70. The molecule has 0 radical (unpaired) electrons. The lowest BCUT2D eigenvalue weighted by atomic mass is 9.96. The minimum absolute atomic E-state index is 0.00642. The van der Waals surface area contributed by atoms with Crippen molar-refractivity contribution in [3.05, 3.63) is 52.1 Å². The first-order valence-corrected chi connectivity index (χ1v) is 9.10. The zero-order valence-electron chi connectivity index (χ0n) is 15.2. The van der Waals surface area contributed by atoms with Gasteiger partial charge in [0.15, 0.2) is 5.82 Å². The van der Waals surface area contributed by atoms with Crippen LogP contribution in [0.5, 0.6) is 0 Å². The zero-order valence-corrected chi connectivity index (χ0v) is 15.2. The molecule has 2 heterocycles. The number of carbonyl (C=O) groups is 1. The van der Waals surface area contributed by atoms with Gasteiger partial charge in [-0.15, -0.1) is 0 Å². The number of hydrogen-bond donors (Lipinski definition) is 0. The average molecular weight is 356 g/mol. The van der Waals surface area contributed by atoms with E-state index in [1.807, 2.05) is 0 Å². The summed E-state index contributed by atoms with van der Waals surface area (Å²) in [7, 11) is 1.73. The van der Waals surface area contributed by atoms with Crippen molar-refractivity contribution in [3.63, 3.8) is 0 Å². The lowest BCUT2D eigenvalue weighted by molar-refractivity contribution is -0.384. The standard InChI is InChI=1S/C19H24N4O3/c1-3-6-15-7-4-5-11-22(15)16-9-8-14(13-17(16)23(25)26)18(24)19-20-10-12-21(19)2/h8-10,12-13,15H,3-7,11H2,1-2H3. The number of aromatic nitrogens is 2. The number of piperidine rings is 1. The maximum atomic E-state index is 12.6. The molecule has 0 saturated carbocycles. The first-order chi connectivity index (χ1) is 12.5. The van der Waals surface area contributed by atoms with Crippen LogP contribution in [0.1, 0.15) is 55.2 Å². The summed E-state index contributed by atoms with van der Waals surface area (Å²) in [6.07, 6.45) is 8.53. The van der Waals surface area contributed by atoms with E-state index < -0.39 is 0 Å². The third-order valence-corrected chi connectivity index (χ3v) is 5.02. The molecule has 0 N–H and O–H groups in total. The van der Waals surface area contributed by atoms with Crippen LogP contribution in [0, 0.1) is 10.1 Å². The highest BCUT2D eigenvalue weighted by atomic mass is 16.6. The molecule has 1 unspecified atom stereocenters. The van der Waals surface area contributed by atoms with Gasteiger partial charge in [-0.05, 0) is 37.8 Å². The molecule has 1 aromatic heterocycles. The Morgan fingerprint density at radius 3 is 2.85 bits per heavy atom. The summed E-state index contributed by atoms with van der Waals surface area (Å²) in [5.74, 6) is -0.0372. The molecule has 1 fully saturated rings. The molecule has 0 bridgehead atoms. The highest BCUT2D eigenvalue weighted by molar-refractivity contribution is 6.07. The molecule has 0 spiro atoms. The van der Waals surface area contributed by atoms with Crippen LogP contribution in [-0.2, 0) is 7.05 Å². The normalized spacial score (nSPS) is 17.3. The van der Waals surface area contributed by atoms with E-state index >= 15 is 0 Å². The second-order valence-electron chi connectivity index (χ2n) is 6.78. The van der Waals surface area contributed by atoms with E-state index in [-0.39, 0.29) is 22.2 Å². The summed E-state index contributed by atoms with van der Waals surface area (Å²) in [6, 6.07) is 5.12. The van der Waals surface area contributed by atoms with Gasteiger partial charge in [-0.3, -0.25) is 14.9 Å². The number of rotatable bonds is 6. The smallest absolute Gasteiger partial charge is 0.293 e. The fourth-order valence-corrected chi connectivity index (χ4v) is 3.72. The lowest BCUT2D eigenvalue weighted by Crippen LogP contribution is -2.39. The molecule has 1 aliphatic heterocycles. The molecule has 2 aromatic rings. The second-order valence-corrected chi connectivity index (χ2v) is 6.78. The van der Waals surface area contributed by atoms with Gasteiger partial charge in [0.05, 0.1) is 4.92 Å². The van der Waals surface area contributed by atoms with Crippen LogP contribution in [0.4, 0.5) is 11.4 Å². The van der Waals surface area contributed by atoms with E-state index in [1.54, 1.807) is 36.1 Å². The van der Waals surface area contributed by atoms with Crippen LogP contribution >= 0.6 is 0 Å². The molecule has 1 atom stereocenters. The number of carbonyl (C=O) groups excluding carboxylic acids is 1. The van der Waals surface area contributed by atoms with Gasteiger partial charge in [-0.25, -0.2) is 4.98 Å². The molecule has 26 heavy (non-hydrogen) atoms. The highest BCUT2D eigenvalue weighted by Crippen LogP contribution is 2.35. The zero-order chi connectivity index (χ0) is 18.7. The van der Waals surface area contributed by atoms with Crippen molar-refractivity contribution in [1.29, 1.82) is 0 Å². The van der Waals surface area contributed by atoms with Gasteiger partial charge in [-0.1, -0.05) is 13.3 Å². The maximum Gasteiger partial charge on any atom is 0.293 e. The van der Waals surface area contributed by atoms with Crippen LogP contribution in [0.2, 0.25) is 0 Å². The molecule has 0 aliphatic carbocycles. The largest absolute Gasteiger partial charge is 0.363 e. The SMILES string of the molecule is CCCC1CCCCN1c1ccc(C(=O)c2nccn2C)cc1[N+](=O)[O-]. The predicted molar refractivity (Wildman–Crippen MR) is 99.6 cm³/mol. The van der Waals surface area contributed by atoms with Crippen molar-refractivity contribution >= 4 is 17.2 Å². The first-order valence-electron chi connectivity index (χ1n) is 9.10. The van der Waals surface area contributed by atoms with Crippen molar-refractivity contribution in [2.75, 3.05) is 11.4 Å². The van der Waals surface area contributed by atoms with Gasteiger partial charge >= 0.3 is 0 Å². The van der Waals surface area contributed by atoms with E-state index in [1.165, 1.54) is 6.07 Å². The lowest BCUT2D eigenvalue weighted by Gasteiger charge is -2.37. The molecular weight excluding hydrogens is 332 g/mol. The quantitative estimate of drug-likeness (QED) is 0.448. The Bertz CT molecular complexity index is 813. The van der Waals surface area contributed by atoms with Crippen molar-refractivity contribution in [2.45, 2.75) is 45.1 Å². The van der Waals surface area contributed by atoms with Gasteiger partial charge in [0, 0.05) is 43.7 Å². The van der Waals surface area contributed by atoms with Gasteiger partial charge in [0.25, 0.3) is 5.69 Å². The third kappa shape index (κ3) is 3.47. The number of anilines is 1. The summed E-state index contributed by atoms with van der Waals surface area (Å²) >= 11 is 0. The van der Waals surface area contributed by atoms with Gasteiger partial charge in [-0.2, -0.15) is 0 Å². The molecule has 7 heteroatoms. The van der Waals surface area contributed by atoms with Gasteiger partial charge in [0.1, 0.15) is 5.69 Å². The number of hydrogen-bond acceptors (Lipinski definition) is 5.